The number of aliphatic hydroxyl groups excluding tert-OH is 2. The summed E-state index contributed by atoms with van der Waals surface area (Å²) in [4.78, 5) is 24.5. The molecule has 2 unspecified atom stereocenters. The Labute approximate surface area is 455 Å². The minimum atomic E-state index is -0.663. The first-order chi connectivity index (χ1) is 36.0. The number of hydrogen-bond acceptors (Lipinski definition) is 5. The van der Waals surface area contributed by atoms with Crippen molar-refractivity contribution in [2.24, 2.45) is 0 Å². The van der Waals surface area contributed by atoms with Crippen LogP contribution in [-0.2, 0) is 14.3 Å². The van der Waals surface area contributed by atoms with Crippen molar-refractivity contribution in [2.75, 3.05) is 13.2 Å². The lowest BCUT2D eigenvalue weighted by atomic mass is 10.0. The Bertz CT molecular complexity index is 1180. The van der Waals surface area contributed by atoms with E-state index in [1.54, 1.807) is 0 Å². The fraction of sp³-hybridized carbons (Fsp3) is 0.881. The highest BCUT2D eigenvalue weighted by molar-refractivity contribution is 5.76. The molecule has 0 aliphatic rings. The Morgan fingerprint density at radius 3 is 1.08 bits per heavy atom. The third kappa shape index (κ3) is 59.2. The van der Waals surface area contributed by atoms with Gasteiger partial charge in [0.1, 0.15) is 0 Å². The van der Waals surface area contributed by atoms with Crippen molar-refractivity contribution in [3.05, 3.63) is 36.5 Å². The molecule has 0 fully saturated rings. The maximum absolute atomic E-state index is 12.4. The van der Waals surface area contributed by atoms with Crippen LogP contribution in [0.5, 0.6) is 0 Å². The summed E-state index contributed by atoms with van der Waals surface area (Å²) in [7, 11) is 0. The molecule has 0 aromatic heterocycles. The molecule has 6 nitrogen and oxygen atoms in total. The summed E-state index contributed by atoms with van der Waals surface area (Å²) in [5.41, 5.74) is 0. The molecule has 73 heavy (non-hydrogen) atoms. The molecule has 0 spiro atoms. The van der Waals surface area contributed by atoms with Crippen LogP contribution in [0.25, 0.3) is 0 Å². The van der Waals surface area contributed by atoms with Crippen LogP contribution >= 0.6 is 0 Å². The summed E-state index contributed by atoms with van der Waals surface area (Å²) in [6.07, 6.45) is 78.9. The lowest BCUT2D eigenvalue weighted by molar-refractivity contribution is -0.143. The monoisotopic (exact) mass is 1030 g/mol. The van der Waals surface area contributed by atoms with Gasteiger partial charge in [0.2, 0.25) is 5.91 Å². The van der Waals surface area contributed by atoms with Crippen LogP contribution in [0.15, 0.2) is 36.5 Å². The van der Waals surface area contributed by atoms with Crippen molar-refractivity contribution < 1.29 is 24.5 Å². The van der Waals surface area contributed by atoms with E-state index >= 15 is 0 Å². The van der Waals surface area contributed by atoms with Crippen LogP contribution in [0.2, 0.25) is 0 Å². The third-order valence-electron chi connectivity index (χ3n) is 15.2. The molecule has 2 atom stereocenters. The quantitative estimate of drug-likeness (QED) is 0.0320. The number of carbonyl (C=O) groups excluding carboxylic acids is 2. The van der Waals surface area contributed by atoms with Gasteiger partial charge in [-0.3, -0.25) is 9.59 Å². The Balaban J connectivity index is 3.35. The highest BCUT2D eigenvalue weighted by Gasteiger charge is 2.20. The Morgan fingerprint density at radius 2 is 0.685 bits per heavy atom. The van der Waals surface area contributed by atoms with Crippen LogP contribution in [-0.4, -0.2) is 47.4 Å². The number of aliphatic hydroxyl groups is 2. The van der Waals surface area contributed by atoms with Gasteiger partial charge in [0.25, 0.3) is 0 Å². The lowest BCUT2D eigenvalue weighted by Crippen LogP contribution is -2.45. The van der Waals surface area contributed by atoms with Crippen LogP contribution in [0.4, 0.5) is 0 Å². The van der Waals surface area contributed by atoms with E-state index in [2.05, 4.69) is 55.6 Å². The topological polar surface area (TPSA) is 95.9 Å². The number of unbranched alkanes of at least 4 members (excludes halogenated alkanes) is 44. The molecule has 0 saturated heterocycles. The zero-order valence-corrected chi connectivity index (χ0v) is 49.1. The van der Waals surface area contributed by atoms with Gasteiger partial charge in [-0.25, -0.2) is 0 Å². The Kier molecular flexibility index (Phi) is 61.0. The molecule has 0 aliphatic carbocycles. The van der Waals surface area contributed by atoms with Crippen molar-refractivity contribution in [3.63, 3.8) is 0 Å². The van der Waals surface area contributed by atoms with Gasteiger partial charge in [0.05, 0.1) is 25.4 Å². The van der Waals surface area contributed by atoms with Crippen molar-refractivity contribution in [3.8, 4) is 0 Å². The minimum Gasteiger partial charge on any atom is -0.466 e. The number of esters is 1. The largest absolute Gasteiger partial charge is 0.466 e. The SMILES string of the molecule is CCCCC/C=C\C/C=C\CCCCCCCCCCCC(=O)OCCCCCCCCCCCCCC/C=C\CCCCCCCCCCCCCC(=O)NC(CO)C(O)CCCCCCCCCCCC. The van der Waals surface area contributed by atoms with E-state index in [4.69, 9.17) is 4.74 Å². The number of hydrogen-bond donors (Lipinski definition) is 3. The summed E-state index contributed by atoms with van der Waals surface area (Å²) in [6, 6.07) is -0.540. The minimum absolute atomic E-state index is 0.0114. The average molecular weight is 1030 g/mol. The lowest BCUT2D eigenvalue weighted by Gasteiger charge is -2.22. The van der Waals surface area contributed by atoms with E-state index in [0.29, 0.717) is 25.9 Å². The zero-order valence-electron chi connectivity index (χ0n) is 49.1. The smallest absolute Gasteiger partial charge is 0.305 e. The van der Waals surface area contributed by atoms with E-state index in [1.807, 2.05) is 0 Å². The van der Waals surface area contributed by atoms with Crippen LogP contribution in [0.3, 0.4) is 0 Å². The second-order valence-corrected chi connectivity index (χ2v) is 22.4. The van der Waals surface area contributed by atoms with Gasteiger partial charge < -0.3 is 20.3 Å². The molecule has 3 N–H and O–H groups in total. The van der Waals surface area contributed by atoms with Gasteiger partial charge >= 0.3 is 5.97 Å². The van der Waals surface area contributed by atoms with Crippen LogP contribution in [0.1, 0.15) is 354 Å². The van der Waals surface area contributed by atoms with E-state index < -0.39 is 12.1 Å². The van der Waals surface area contributed by atoms with E-state index in [9.17, 15) is 19.8 Å². The fourth-order valence-electron chi connectivity index (χ4n) is 10.1. The first-order valence-electron chi connectivity index (χ1n) is 32.7. The number of rotatable bonds is 61. The third-order valence-corrected chi connectivity index (χ3v) is 15.2. The van der Waals surface area contributed by atoms with Crippen LogP contribution < -0.4 is 5.32 Å². The van der Waals surface area contributed by atoms with Crippen LogP contribution in [0, 0.1) is 0 Å². The van der Waals surface area contributed by atoms with Crippen molar-refractivity contribution in [1.29, 1.82) is 0 Å². The van der Waals surface area contributed by atoms with Crippen molar-refractivity contribution in [1.82, 2.24) is 5.32 Å². The summed E-state index contributed by atoms with van der Waals surface area (Å²) < 4.78 is 5.50. The number of allylic oxidation sites excluding steroid dienone is 6. The first kappa shape index (κ1) is 71.1. The predicted molar refractivity (Wildman–Crippen MR) is 319 cm³/mol. The number of carbonyl (C=O) groups is 2. The molecule has 0 aromatic rings. The fourth-order valence-corrected chi connectivity index (χ4v) is 10.1. The van der Waals surface area contributed by atoms with Gasteiger partial charge in [0.15, 0.2) is 0 Å². The van der Waals surface area contributed by atoms with Gasteiger partial charge in [-0.2, -0.15) is 0 Å². The molecular weight excluding hydrogens is 899 g/mol. The van der Waals surface area contributed by atoms with E-state index in [0.717, 1.165) is 51.4 Å². The number of ether oxygens (including phenoxy) is 1. The molecule has 0 aromatic carbocycles. The second kappa shape index (κ2) is 62.6. The summed E-state index contributed by atoms with van der Waals surface area (Å²) >= 11 is 0. The predicted octanol–water partition coefficient (Wildman–Crippen LogP) is 20.8. The molecule has 6 heteroatoms. The highest BCUT2D eigenvalue weighted by Crippen LogP contribution is 2.18. The molecule has 0 radical (unpaired) electrons. The Hall–Kier alpha value is -1.92. The normalized spacial score (nSPS) is 12.8. The zero-order chi connectivity index (χ0) is 52.9. The van der Waals surface area contributed by atoms with Gasteiger partial charge in [-0.15, -0.1) is 0 Å². The number of amides is 1. The summed E-state index contributed by atoms with van der Waals surface area (Å²) in [5.74, 6) is -0.0252. The van der Waals surface area contributed by atoms with E-state index in [-0.39, 0.29) is 18.5 Å². The Morgan fingerprint density at radius 1 is 0.384 bits per heavy atom. The highest BCUT2D eigenvalue weighted by atomic mass is 16.5. The molecule has 0 rings (SSSR count). The standard InChI is InChI=1S/C67H127NO5/c1-3-5-7-9-11-13-15-16-17-18-28-32-35-38-41-45-49-53-57-61-67(72)73-62-58-54-50-46-42-39-36-33-30-27-25-23-21-19-20-22-24-26-29-31-34-37-40-44-48-52-56-60-66(71)68-64(63-69)65(70)59-55-51-47-43-14-12-10-8-6-4-2/h11,13,16-17,19-20,64-65,69-70H,3-10,12,14-15,18,21-63H2,1-2H3,(H,68,71)/b13-11-,17-16-,20-19-. The maximum Gasteiger partial charge on any atom is 0.305 e. The van der Waals surface area contributed by atoms with Crippen molar-refractivity contribution >= 4 is 11.9 Å². The molecule has 1 amide bonds. The van der Waals surface area contributed by atoms with Crippen molar-refractivity contribution in [2.45, 2.75) is 366 Å². The average Bonchev–Trinajstić information content (AvgIpc) is 3.39. The molecule has 0 aliphatic heterocycles. The first-order valence-corrected chi connectivity index (χ1v) is 32.7. The summed E-state index contributed by atoms with van der Waals surface area (Å²) in [5, 5.41) is 23.2. The molecule has 0 bridgehead atoms. The molecule has 430 valence electrons. The van der Waals surface area contributed by atoms with Gasteiger partial charge in [0, 0.05) is 12.8 Å². The second-order valence-electron chi connectivity index (χ2n) is 22.4. The molecule has 0 saturated carbocycles. The van der Waals surface area contributed by atoms with Gasteiger partial charge in [-0.05, 0) is 83.5 Å². The molecule has 0 heterocycles. The van der Waals surface area contributed by atoms with Gasteiger partial charge in [-0.1, -0.05) is 294 Å². The van der Waals surface area contributed by atoms with E-state index in [1.165, 1.54) is 270 Å². The molecular formula is C67H127NO5. The maximum atomic E-state index is 12.4. The summed E-state index contributed by atoms with van der Waals surface area (Å²) in [6.45, 7) is 4.93. The number of nitrogens with one attached hydrogen (secondary N) is 1.